The summed E-state index contributed by atoms with van der Waals surface area (Å²) in [6.07, 6.45) is 20.2. The number of carbonyl (C=O) groups excluding carboxylic acids is 1. The van der Waals surface area contributed by atoms with Gasteiger partial charge in [0.15, 0.2) is 0 Å². The zero-order valence-corrected chi connectivity index (χ0v) is 16.9. The smallest absolute Gasteiger partial charge is 0.342 e. The molecule has 1 N–H and O–H groups in total. The van der Waals surface area contributed by atoms with Crippen LogP contribution >= 0.6 is 0 Å². The lowest BCUT2D eigenvalue weighted by Gasteiger charge is -2.25. The van der Waals surface area contributed by atoms with Crippen molar-refractivity contribution in [1.82, 2.24) is 0 Å². The lowest BCUT2D eigenvalue weighted by atomic mass is 9.95. The van der Waals surface area contributed by atoms with E-state index in [1.165, 1.54) is 57.8 Å². The number of cyclic esters (lactones) is 1. The largest absolute Gasteiger partial charge is 0.507 e. The van der Waals surface area contributed by atoms with Crippen molar-refractivity contribution in [1.29, 1.82) is 0 Å². The number of benzene rings is 1. The van der Waals surface area contributed by atoms with Gasteiger partial charge in [0.2, 0.25) is 0 Å². The van der Waals surface area contributed by atoms with Crippen LogP contribution in [0.5, 0.6) is 5.75 Å². The molecule has 0 bridgehead atoms. The average Bonchev–Trinajstić information content (AvgIpc) is 2.65. The first-order chi connectivity index (χ1) is 13.2. The molecule has 150 valence electrons. The fourth-order valence-electron chi connectivity index (χ4n) is 3.74. The van der Waals surface area contributed by atoms with Crippen LogP contribution in [0.4, 0.5) is 0 Å². The summed E-state index contributed by atoms with van der Waals surface area (Å²) in [5.74, 6) is -0.347. The van der Waals surface area contributed by atoms with E-state index in [9.17, 15) is 9.90 Å². The van der Waals surface area contributed by atoms with E-state index in [4.69, 9.17) is 4.74 Å². The highest BCUT2D eigenvalue weighted by Crippen LogP contribution is 2.29. The molecule has 1 aliphatic heterocycles. The minimum absolute atomic E-state index is 0.0312. The normalized spacial score (nSPS) is 16.5. The van der Waals surface area contributed by atoms with Crippen LogP contribution in [0, 0.1) is 0 Å². The molecule has 0 radical (unpaired) electrons. The minimum Gasteiger partial charge on any atom is -0.507 e. The van der Waals surface area contributed by atoms with Crippen LogP contribution in [0.15, 0.2) is 30.4 Å². The quantitative estimate of drug-likeness (QED) is 0.237. The first kappa shape index (κ1) is 21.5. The average molecular weight is 373 g/mol. The zero-order valence-electron chi connectivity index (χ0n) is 16.9. The molecule has 0 spiro atoms. The Morgan fingerprint density at radius 1 is 1.00 bits per heavy atom. The Labute approximate surface area is 164 Å². The molecule has 0 aromatic heterocycles. The predicted octanol–water partition coefficient (Wildman–Crippen LogP) is 6.73. The van der Waals surface area contributed by atoms with Crippen LogP contribution in [-0.4, -0.2) is 17.2 Å². The van der Waals surface area contributed by atoms with E-state index in [0.717, 1.165) is 24.8 Å². The minimum atomic E-state index is -0.378. The maximum atomic E-state index is 12.1. The lowest BCUT2D eigenvalue weighted by molar-refractivity contribution is 0.0228. The number of ether oxygens (including phenoxy) is 1. The molecule has 1 atom stereocenters. The van der Waals surface area contributed by atoms with Crippen molar-refractivity contribution in [2.45, 2.75) is 96.5 Å². The zero-order chi connectivity index (χ0) is 19.3. The van der Waals surface area contributed by atoms with Crippen LogP contribution in [-0.2, 0) is 11.2 Å². The number of phenolic OH excluding ortho intramolecular Hbond substituents is 1. The highest BCUT2D eigenvalue weighted by Gasteiger charge is 2.28. The van der Waals surface area contributed by atoms with E-state index >= 15 is 0 Å². The topological polar surface area (TPSA) is 46.5 Å². The summed E-state index contributed by atoms with van der Waals surface area (Å²) in [4.78, 5) is 12.1. The Morgan fingerprint density at radius 2 is 1.67 bits per heavy atom. The standard InChI is InChI=1S/C24H36O3/c1-2-3-4-5-6-7-8-9-10-11-12-13-14-17-21-19-20-16-15-18-22(25)23(20)24(26)27-21/h9-10,15-16,18,21,25H,2-8,11-14,17,19H2,1H3/t21-/m1/s1. The van der Waals surface area contributed by atoms with E-state index in [2.05, 4.69) is 19.1 Å². The molecule has 1 aromatic carbocycles. The molecule has 1 aliphatic rings. The van der Waals surface area contributed by atoms with Crippen LogP contribution in [0.25, 0.3) is 0 Å². The number of carbonyl (C=O) groups is 1. The van der Waals surface area contributed by atoms with Crippen molar-refractivity contribution in [3.63, 3.8) is 0 Å². The van der Waals surface area contributed by atoms with Gasteiger partial charge >= 0.3 is 5.97 Å². The van der Waals surface area contributed by atoms with Gasteiger partial charge in [0.05, 0.1) is 0 Å². The van der Waals surface area contributed by atoms with Gasteiger partial charge < -0.3 is 9.84 Å². The molecule has 0 fully saturated rings. The molecular formula is C24H36O3. The SMILES string of the molecule is CCCCCCCCC=CCCCCC[C@@H]1Cc2cccc(O)c2C(=O)O1. The molecule has 3 heteroatoms. The molecule has 0 aliphatic carbocycles. The number of unbranched alkanes of at least 4 members (excludes halogenated alkanes) is 9. The number of phenols is 1. The predicted molar refractivity (Wildman–Crippen MR) is 111 cm³/mol. The Hall–Kier alpha value is -1.77. The molecule has 0 saturated carbocycles. The number of hydrogen-bond donors (Lipinski definition) is 1. The van der Waals surface area contributed by atoms with Crippen molar-refractivity contribution in [2.75, 3.05) is 0 Å². The van der Waals surface area contributed by atoms with Gasteiger partial charge in [-0.3, -0.25) is 0 Å². The summed E-state index contributed by atoms with van der Waals surface area (Å²) >= 11 is 0. The third-order valence-electron chi connectivity index (χ3n) is 5.34. The molecule has 2 rings (SSSR count). The van der Waals surface area contributed by atoms with Crippen molar-refractivity contribution < 1.29 is 14.6 Å². The van der Waals surface area contributed by atoms with Gasteiger partial charge in [-0.2, -0.15) is 0 Å². The van der Waals surface area contributed by atoms with Crippen molar-refractivity contribution in [3.05, 3.63) is 41.5 Å². The Bertz CT molecular complexity index is 591. The molecule has 1 heterocycles. The summed E-state index contributed by atoms with van der Waals surface area (Å²) in [5.41, 5.74) is 1.26. The number of rotatable bonds is 13. The molecule has 1 aromatic rings. The van der Waals surface area contributed by atoms with Gasteiger partial charge in [-0.25, -0.2) is 4.79 Å². The van der Waals surface area contributed by atoms with Gasteiger partial charge in [-0.1, -0.05) is 69.7 Å². The summed E-state index contributed by atoms with van der Waals surface area (Å²) < 4.78 is 5.49. The molecule has 27 heavy (non-hydrogen) atoms. The van der Waals surface area contributed by atoms with Crippen molar-refractivity contribution in [2.24, 2.45) is 0 Å². The van der Waals surface area contributed by atoms with Crippen molar-refractivity contribution >= 4 is 5.97 Å². The second-order valence-corrected chi connectivity index (χ2v) is 7.71. The summed E-state index contributed by atoms with van der Waals surface area (Å²) in [6.45, 7) is 2.26. The van der Waals surface area contributed by atoms with E-state index in [0.29, 0.717) is 12.0 Å². The molecule has 3 nitrogen and oxygen atoms in total. The number of esters is 1. The van der Waals surface area contributed by atoms with Gasteiger partial charge in [-0.15, -0.1) is 0 Å². The molecular weight excluding hydrogens is 336 g/mol. The summed E-state index contributed by atoms with van der Waals surface area (Å²) in [5, 5.41) is 9.80. The van der Waals surface area contributed by atoms with Crippen LogP contribution in [0.3, 0.4) is 0 Å². The fourth-order valence-corrected chi connectivity index (χ4v) is 3.74. The van der Waals surface area contributed by atoms with Crippen molar-refractivity contribution in [3.8, 4) is 5.75 Å². The number of allylic oxidation sites excluding steroid dienone is 2. The number of aromatic hydroxyl groups is 1. The molecule has 0 saturated heterocycles. The summed E-state index contributed by atoms with van der Waals surface area (Å²) in [7, 11) is 0. The van der Waals surface area contributed by atoms with Crippen LogP contribution in [0.1, 0.15) is 99.9 Å². The molecule has 0 unspecified atom stereocenters. The Kier molecular flexibility index (Phi) is 10.0. The maximum Gasteiger partial charge on any atom is 0.342 e. The van der Waals surface area contributed by atoms with E-state index < -0.39 is 0 Å². The van der Waals surface area contributed by atoms with E-state index in [1.807, 2.05) is 6.07 Å². The fraction of sp³-hybridized carbons (Fsp3) is 0.625. The third kappa shape index (κ3) is 7.78. The van der Waals surface area contributed by atoms with Gasteiger partial charge in [-0.05, 0) is 50.2 Å². The monoisotopic (exact) mass is 372 g/mol. The number of hydrogen-bond acceptors (Lipinski definition) is 3. The second-order valence-electron chi connectivity index (χ2n) is 7.71. The highest BCUT2D eigenvalue weighted by atomic mass is 16.5. The second kappa shape index (κ2) is 12.6. The van der Waals surface area contributed by atoms with E-state index in [1.54, 1.807) is 12.1 Å². The summed E-state index contributed by atoms with van der Waals surface area (Å²) in [6, 6.07) is 5.25. The Balaban J connectivity index is 1.50. The van der Waals surface area contributed by atoms with Gasteiger partial charge in [0.25, 0.3) is 0 Å². The van der Waals surface area contributed by atoms with Gasteiger partial charge in [0.1, 0.15) is 17.4 Å². The van der Waals surface area contributed by atoms with E-state index in [-0.39, 0.29) is 17.8 Å². The van der Waals surface area contributed by atoms with Crippen LogP contribution < -0.4 is 0 Å². The first-order valence-corrected chi connectivity index (χ1v) is 10.9. The lowest BCUT2D eigenvalue weighted by Crippen LogP contribution is -2.27. The highest BCUT2D eigenvalue weighted by molar-refractivity contribution is 5.95. The third-order valence-corrected chi connectivity index (χ3v) is 5.34. The first-order valence-electron chi connectivity index (χ1n) is 10.9. The maximum absolute atomic E-state index is 12.1. The number of fused-ring (bicyclic) bond motifs is 1. The van der Waals surface area contributed by atoms with Gasteiger partial charge in [0, 0.05) is 6.42 Å². The van der Waals surface area contributed by atoms with Crippen LogP contribution in [0.2, 0.25) is 0 Å². The Morgan fingerprint density at radius 3 is 2.41 bits per heavy atom. The molecule has 0 amide bonds.